The molecule has 1 aliphatic rings. The minimum atomic E-state index is -0.218. The molecule has 0 spiro atoms. The number of carbonyl (C=O) groups excluding carboxylic acids is 1. The predicted octanol–water partition coefficient (Wildman–Crippen LogP) is 2.25. The number of piperidine rings is 1. The number of nitrogens with zero attached hydrogens (tertiary/aromatic N) is 3. The Morgan fingerprint density at radius 3 is 2.64 bits per heavy atom. The summed E-state index contributed by atoms with van der Waals surface area (Å²) in [6.45, 7) is 3.41. The van der Waals surface area contributed by atoms with E-state index in [2.05, 4.69) is 10.6 Å². The molecule has 0 unspecified atom stereocenters. The molecule has 2 aromatic rings. The Balaban J connectivity index is 1.75. The number of hydrogen-bond donors (Lipinski definition) is 1. The van der Waals surface area contributed by atoms with Gasteiger partial charge in [-0.05, 0) is 38.3 Å². The number of hydroxylamine groups is 1. The number of nitrogens with one attached hydrogen (secondary N) is 1. The lowest BCUT2D eigenvalue weighted by Crippen LogP contribution is -2.44. The first-order valence-electron chi connectivity index (χ1n) is 8.42. The number of urea groups is 1. The third-order valence-electron chi connectivity index (χ3n) is 4.41. The number of benzene rings is 1. The first-order valence-corrected chi connectivity index (χ1v) is 8.42. The average molecular weight is 342 g/mol. The molecule has 7 nitrogen and oxygen atoms in total. The van der Waals surface area contributed by atoms with Crippen molar-refractivity contribution in [3.05, 3.63) is 46.2 Å². The number of rotatable bonds is 3. The van der Waals surface area contributed by atoms with E-state index in [0.717, 1.165) is 37.1 Å². The van der Waals surface area contributed by atoms with Crippen molar-refractivity contribution in [1.82, 2.24) is 20.2 Å². The van der Waals surface area contributed by atoms with Crippen LogP contribution in [0.5, 0.6) is 5.75 Å². The Morgan fingerprint density at radius 1 is 1.16 bits per heavy atom. The van der Waals surface area contributed by atoms with E-state index in [1.54, 1.807) is 24.1 Å². The second kappa shape index (κ2) is 7.38. The van der Waals surface area contributed by atoms with E-state index in [0.29, 0.717) is 11.4 Å². The van der Waals surface area contributed by atoms with Gasteiger partial charge in [0, 0.05) is 37.3 Å². The highest BCUT2D eigenvalue weighted by Gasteiger charge is 2.17. The van der Waals surface area contributed by atoms with Gasteiger partial charge in [0.25, 0.3) is 5.56 Å². The van der Waals surface area contributed by atoms with Crippen molar-refractivity contribution in [3.8, 4) is 17.0 Å². The molecule has 0 atom stereocenters. The first-order chi connectivity index (χ1) is 12.1. The Morgan fingerprint density at radius 2 is 1.92 bits per heavy atom. The van der Waals surface area contributed by atoms with Crippen LogP contribution >= 0.6 is 0 Å². The zero-order valence-electron chi connectivity index (χ0n) is 14.5. The highest BCUT2D eigenvalue weighted by molar-refractivity contribution is 5.73. The van der Waals surface area contributed by atoms with Gasteiger partial charge in [-0.25, -0.2) is 9.48 Å². The minimum absolute atomic E-state index is 0.164. The van der Waals surface area contributed by atoms with Crippen LogP contribution in [0.3, 0.4) is 0 Å². The number of aromatic nitrogens is 2. The number of likely N-dealkylation sites (tertiary alicyclic amines) is 1. The van der Waals surface area contributed by atoms with Gasteiger partial charge in [0.05, 0.1) is 5.69 Å². The van der Waals surface area contributed by atoms with E-state index < -0.39 is 0 Å². The molecule has 1 saturated heterocycles. The largest absolute Gasteiger partial charge is 0.378 e. The molecule has 1 aromatic heterocycles. The van der Waals surface area contributed by atoms with Gasteiger partial charge in [0.15, 0.2) is 5.75 Å². The monoisotopic (exact) mass is 342 g/mol. The molecular formula is C18H22N4O3. The zero-order valence-corrected chi connectivity index (χ0v) is 14.5. The summed E-state index contributed by atoms with van der Waals surface area (Å²) in [4.78, 5) is 31.0. The molecule has 132 valence electrons. The summed E-state index contributed by atoms with van der Waals surface area (Å²) in [5.74, 6) is 0.554. The molecule has 1 aromatic carbocycles. The van der Waals surface area contributed by atoms with Crippen LogP contribution in [0.2, 0.25) is 0 Å². The van der Waals surface area contributed by atoms with Gasteiger partial charge >= 0.3 is 6.03 Å². The molecule has 1 N–H and O–H groups in total. The molecule has 2 amide bonds. The van der Waals surface area contributed by atoms with E-state index in [1.807, 2.05) is 19.1 Å². The normalized spacial score (nSPS) is 14.2. The SMILES string of the molecule is Cc1c(ONC(=O)N2CCCCC2)cccc1-c1ccc(=O)n(C)n1. The molecule has 7 heteroatoms. The summed E-state index contributed by atoms with van der Waals surface area (Å²) in [5, 5.41) is 4.27. The lowest BCUT2D eigenvalue weighted by Gasteiger charge is -2.26. The van der Waals surface area contributed by atoms with Crippen molar-refractivity contribution in [3.63, 3.8) is 0 Å². The number of aryl methyl sites for hydroxylation is 1. The van der Waals surface area contributed by atoms with Gasteiger partial charge < -0.3 is 9.74 Å². The van der Waals surface area contributed by atoms with E-state index in [9.17, 15) is 9.59 Å². The fourth-order valence-electron chi connectivity index (χ4n) is 2.91. The van der Waals surface area contributed by atoms with Crippen LogP contribution in [0, 0.1) is 6.92 Å². The first kappa shape index (κ1) is 17.0. The van der Waals surface area contributed by atoms with Crippen LogP contribution in [0.15, 0.2) is 35.1 Å². The maximum Gasteiger partial charge on any atom is 0.350 e. The van der Waals surface area contributed by atoms with Crippen molar-refractivity contribution in [2.45, 2.75) is 26.2 Å². The molecule has 0 saturated carbocycles. The van der Waals surface area contributed by atoms with Gasteiger partial charge in [0.1, 0.15) is 0 Å². The minimum Gasteiger partial charge on any atom is -0.378 e. The summed E-state index contributed by atoms with van der Waals surface area (Å²) in [6.07, 6.45) is 3.22. The van der Waals surface area contributed by atoms with Crippen molar-refractivity contribution in [2.24, 2.45) is 7.05 Å². The lowest BCUT2D eigenvalue weighted by atomic mass is 10.0. The van der Waals surface area contributed by atoms with Gasteiger partial charge in [-0.15, -0.1) is 0 Å². The Bertz CT molecular complexity index is 825. The quantitative estimate of drug-likeness (QED) is 0.868. The molecular weight excluding hydrogens is 320 g/mol. The summed E-state index contributed by atoms with van der Waals surface area (Å²) < 4.78 is 1.29. The smallest absolute Gasteiger partial charge is 0.350 e. The van der Waals surface area contributed by atoms with Crippen molar-refractivity contribution in [1.29, 1.82) is 0 Å². The second-order valence-corrected chi connectivity index (χ2v) is 6.17. The molecule has 2 heterocycles. The van der Waals surface area contributed by atoms with Crippen LogP contribution in [-0.2, 0) is 7.05 Å². The number of hydrogen-bond acceptors (Lipinski definition) is 4. The van der Waals surface area contributed by atoms with Crippen LogP contribution in [0.1, 0.15) is 24.8 Å². The van der Waals surface area contributed by atoms with Crippen molar-refractivity contribution in [2.75, 3.05) is 13.1 Å². The van der Waals surface area contributed by atoms with Crippen LogP contribution < -0.4 is 15.9 Å². The fourth-order valence-corrected chi connectivity index (χ4v) is 2.91. The molecule has 0 aliphatic carbocycles. The van der Waals surface area contributed by atoms with Gasteiger partial charge in [-0.2, -0.15) is 10.6 Å². The lowest BCUT2D eigenvalue weighted by molar-refractivity contribution is 0.135. The maximum atomic E-state index is 12.2. The maximum absolute atomic E-state index is 12.2. The molecule has 0 bridgehead atoms. The average Bonchev–Trinajstić information content (AvgIpc) is 2.64. The fraction of sp³-hybridized carbons (Fsp3) is 0.389. The molecule has 3 rings (SSSR count). The second-order valence-electron chi connectivity index (χ2n) is 6.17. The van der Waals surface area contributed by atoms with Crippen molar-refractivity contribution < 1.29 is 9.63 Å². The topological polar surface area (TPSA) is 76.5 Å². The highest BCUT2D eigenvalue weighted by Crippen LogP contribution is 2.28. The van der Waals surface area contributed by atoms with Gasteiger partial charge in [-0.3, -0.25) is 4.79 Å². The Kier molecular flexibility index (Phi) is 5.02. The van der Waals surface area contributed by atoms with Crippen LogP contribution in [-0.4, -0.2) is 33.8 Å². The molecule has 1 fully saturated rings. The molecule has 25 heavy (non-hydrogen) atoms. The Labute approximate surface area is 146 Å². The van der Waals surface area contributed by atoms with E-state index in [1.165, 1.54) is 17.2 Å². The van der Waals surface area contributed by atoms with Crippen LogP contribution in [0.4, 0.5) is 4.79 Å². The molecule has 1 aliphatic heterocycles. The standard InChI is InChI=1S/C18H22N4O3/c1-13-14(15-9-10-17(23)21(2)19-15)7-6-8-16(13)25-20-18(24)22-11-4-3-5-12-22/h6-10H,3-5,11-12H2,1-2H3,(H,20,24). The third-order valence-corrected chi connectivity index (χ3v) is 4.41. The summed E-state index contributed by atoms with van der Waals surface area (Å²) in [5.41, 5.74) is 4.72. The predicted molar refractivity (Wildman–Crippen MR) is 94.2 cm³/mol. The van der Waals surface area contributed by atoms with Crippen LogP contribution in [0.25, 0.3) is 11.3 Å². The number of amides is 2. The van der Waals surface area contributed by atoms with E-state index >= 15 is 0 Å². The summed E-state index contributed by atoms with van der Waals surface area (Å²) in [7, 11) is 1.61. The zero-order chi connectivity index (χ0) is 17.8. The van der Waals surface area contributed by atoms with E-state index in [4.69, 9.17) is 4.84 Å². The Hall–Kier alpha value is -2.83. The summed E-state index contributed by atoms with van der Waals surface area (Å²) in [6, 6.07) is 8.47. The van der Waals surface area contributed by atoms with Gasteiger partial charge in [0.2, 0.25) is 0 Å². The third kappa shape index (κ3) is 3.81. The van der Waals surface area contributed by atoms with Crippen molar-refractivity contribution >= 4 is 6.03 Å². The van der Waals surface area contributed by atoms with E-state index in [-0.39, 0.29) is 11.6 Å². The summed E-state index contributed by atoms with van der Waals surface area (Å²) >= 11 is 0. The molecule has 0 radical (unpaired) electrons. The van der Waals surface area contributed by atoms with Gasteiger partial charge in [-0.1, -0.05) is 12.1 Å². The highest BCUT2D eigenvalue weighted by atomic mass is 16.7. The number of carbonyl (C=O) groups is 1.